The molecule has 0 fully saturated rings. The summed E-state index contributed by atoms with van der Waals surface area (Å²) in [7, 11) is 0. The van der Waals surface area contributed by atoms with Crippen LogP contribution >= 0.6 is 11.6 Å². The van der Waals surface area contributed by atoms with E-state index in [2.05, 4.69) is 12.1 Å². The zero-order valence-electron chi connectivity index (χ0n) is 8.81. The fourth-order valence-corrected chi connectivity index (χ4v) is 1.79. The van der Waals surface area contributed by atoms with Crippen LogP contribution in [0.25, 0.3) is 11.1 Å². The number of hydrogen-bond donors (Lipinski definition) is 0. The molecule has 0 N–H and O–H groups in total. The molecule has 0 radical (unpaired) electrons. The van der Waals surface area contributed by atoms with Gasteiger partial charge in [-0.15, -0.1) is 0 Å². The zero-order valence-corrected chi connectivity index (χ0v) is 9.57. The summed E-state index contributed by atoms with van der Waals surface area (Å²) in [4.78, 5) is 0. The molecule has 2 nitrogen and oxygen atoms in total. The Morgan fingerprint density at radius 2 is 1.41 bits per heavy atom. The molecule has 0 aliphatic heterocycles. The Morgan fingerprint density at radius 1 is 0.765 bits per heavy atom. The van der Waals surface area contributed by atoms with Gasteiger partial charge in [-0.3, -0.25) is 0 Å². The first-order chi connectivity index (χ1) is 8.22. The highest BCUT2D eigenvalue weighted by molar-refractivity contribution is 6.31. The Morgan fingerprint density at radius 3 is 2.00 bits per heavy atom. The molecule has 0 unspecified atom stereocenters. The molecule has 17 heavy (non-hydrogen) atoms. The Kier molecular flexibility index (Phi) is 3.10. The summed E-state index contributed by atoms with van der Waals surface area (Å²) >= 11 is 5.93. The number of benzene rings is 2. The molecule has 0 saturated heterocycles. The highest BCUT2D eigenvalue weighted by Gasteiger charge is 2.02. The Labute approximate surface area is 104 Å². The molecular formula is C14H7ClN2. The Hall–Kier alpha value is -2.29. The predicted octanol–water partition coefficient (Wildman–Crippen LogP) is 3.75. The van der Waals surface area contributed by atoms with Crippen molar-refractivity contribution in [2.45, 2.75) is 0 Å². The van der Waals surface area contributed by atoms with E-state index in [1.165, 1.54) is 0 Å². The van der Waals surface area contributed by atoms with Gasteiger partial charge >= 0.3 is 0 Å². The maximum atomic E-state index is 8.86. The largest absolute Gasteiger partial charge is 0.192 e. The van der Waals surface area contributed by atoms with Gasteiger partial charge in [0.15, 0.2) is 0 Å². The van der Waals surface area contributed by atoms with Crippen molar-refractivity contribution in [2.75, 3.05) is 0 Å². The van der Waals surface area contributed by atoms with Crippen molar-refractivity contribution in [3.05, 3.63) is 58.6 Å². The van der Waals surface area contributed by atoms with Crippen LogP contribution in [-0.2, 0) is 0 Å². The minimum Gasteiger partial charge on any atom is -0.192 e. The van der Waals surface area contributed by atoms with Gasteiger partial charge in [-0.05, 0) is 41.5 Å². The van der Waals surface area contributed by atoms with Crippen LogP contribution in [0.3, 0.4) is 0 Å². The Bertz CT molecular complexity index is 631. The molecule has 0 aromatic heterocycles. The highest BCUT2D eigenvalue weighted by atomic mass is 35.5. The van der Waals surface area contributed by atoms with E-state index in [1.54, 1.807) is 30.3 Å². The minimum atomic E-state index is 0.525. The average molecular weight is 239 g/mol. The van der Waals surface area contributed by atoms with Crippen LogP contribution in [0.4, 0.5) is 0 Å². The van der Waals surface area contributed by atoms with E-state index in [4.69, 9.17) is 22.1 Å². The van der Waals surface area contributed by atoms with Crippen LogP contribution in [0.1, 0.15) is 11.1 Å². The maximum Gasteiger partial charge on any atom is 0.0992 e. The third-order valence-electron chi connectivity index (χ3n) is 2.37. The molecular weight excluding hydrogens is 232 g/mol. The number of halogens is 1. The fraction of sp³-hybridized carbons (Fsp3) is 0. The first-order valence-corrected chi connectivity index (χ1v) is 5.32. The van der Waals surface area contributed by atoms with E-state index in [1.807, 2.05) is 12.1 Å². The van der Waals surface area contributed by atoms with E-state index >= 15 is 0 Å². The number of hydrogen-bond acceptors (Lipinski definition) is 2. The van der Waals surface area contributed by atoms with Crippen molar-refractivity contribution >= 4 is 11.6 Å². The summed E-state index contributed by atoms with van der Waals surface area (Å²) in [5, 5.41) is 18.1. The van der Waals surface area contributed by atoms with E-state index < -0.39 is 0 Å². The van der Waals surface area contributed by atoms with Gasteiger partial charge in [-0.1, -0.05) is 23.7 Å². The van der Waals surface area contributed by atoms with Crippen molar-refractivity contribution < 1.29 is 0 Å². The lowest BCUT2D eigenvalue weighted by Crippen LogP contribution is -1.82. The molecule has 0 atom stereocenters. The fourth-order valence-electron chi connectivity index (χ4n) is 1.56. The zero-order chi connectivity index (χ0) is 12.3. The number of nitriles is 2. The van der Waals surface area contributed by atoms with Crippen molar-refractivity contribution in [3.8, 4) is 23.3 Å². The van der Waals surface area contributed by atoms with Gasteiger partial charge in [0.1, 0.15) is 0 Å². The SMILES string of the molecule is N#Cc1ccc(-c2cc(Cl)cc(C#N)c2)cc1. The molecule has 2 rings (SSSR count). The summed E-state index contributed by atoms with van der Waals surface area (Å²) in [5.74, 6) is 0. The third-order valence-corrected chi connectivity index (χ3v) is 2.59. The van der Waals surface area contributed by atoms with E-state index in [0.29, 0.717) is 16.1 Å². The Balaban J connectivity index is 2.50. The van der Waals surface area contributed by atoms with Crippen LogP contribution < -0.4 is 0 Å². The van der Waals surface area contributed by atoms with Crippen LogP contribution in [0.2, 0.25) is 5.02 Å². The van der Waals surface area contributed by atoms with Gasteiger partial charge < -0.3 is 0 Å². The molecule has 0 heterocycles. The molecule has 2 aromatic rings. The first-order valence-electron chi connectivity index (χ1n) is 4.94. The van der Waals surface area contributed by atoms with Gasteiger partial charge in [-0.25, -0.2) is 0 Å². The number of rotatable bonds is 1. The van der Waals surface area contributed by atoms with E-state index in [0.717, 1.165) is 11.1 Å². The summed E-state index contributed by atoms with van der Waals surface area (Å²) in [6, 6.07) is 16.5. The van der Waals surface area contributed by atoms with Gasteiger partial charge in [-0.2, -0.15) is 10.5 Å². The second-order valence-corrected chi connectivity index (χ2v) is 3.97. The van der Waals surface area contributed by atoms with Crippen molar-refractivity contribution in [1.29, 1.82) is 10.5 Å². The predicted molar refractivity (Wildman–Crippen MR) is 66.3 cm³/mol. The van der Waals surface area contributed by atoms with Gasteiger partial charge in [0.2, 0.25) is 0 Å². The van der Waals surface area contributed by atoms with Crippen LogP contribution in [-0.4, -0.2) is 0 Å². The van der Waals surface area contributed by atoms with Crippen molar-refractivity contribution in [1.82, 2.24) is 0 Å². The second-order valence-electron chi connectivity index (χ2n) is 3.53. The van der Waals surface area contributed by atoms with Gasteiger partial charge in [0, 0.05) is 5.02 Å². The summed E-state index contributed by atoms with van der Waals surface area (Å²) in [5.41, 5.74) is 2.94. The highest BCUT2D eigenvalue weighted by Crippen LogP contribution is 2.24. The van der Waals surface area contributed by atoms with Gasteiger partial charge in [0.05, 0.1) is 23.3 Å². The van der Waals surface area contributed by atoms with Crippen LogP contribution in [0.15, 0.2) is 42.5 Å². The smallest absolute Gasteiger partial charge is 0.0992 e. The normalized spacial score (nSPS) is 9.35. The standard InChI is InChI=1S/C14H7ClN2/c15-14-6-11(9-17)5-13(7-14)12-3-1-10(8-16)2-4-12/h1-7H. The molecule has 0 aliphatic carbocycles. The van der Waals surface area contributed by atoms with E-state index in [-0.39, 0.29) is 0 Å². The van der Waals surface area contributed by atoms with Crippen molar-refractivity contribution in [2.24, 2.45) is 0 Å². The molecule has 0 saturated carbocycles. The lowest BCUT2D eigenvalue weighted by molar-refractivity contribution is 1.47. The molecule has 80 valence electrons. The second kappa shape index (κ2) is 4.70. The van der Waals surface area contributed by atoms with Crippen LogP contribution in [0, 0.1) is 22.7 Å². The summed E-state index contributed by atoms with van der Waals surface area (Å²) < 4.78 is 0. The topological polar surface area (TPSA) is 47.6 Å². The monoisotopic (exact) mass is 238 g/mol. The molecule has 2 aromatic carbocycles. The summed E-state index contributed by atoms with van der Waals surface area (Å²) in [6.45, 7) is 0. The molecule has 0 spiro atoms. The molecule has 0 aliphatic rings. The third kappa shape index (κ3) is 2.45. The average Bonchev–Trinajstić information content (AvgIpc) is 2.38. The van der Waals surface area contributed by atoms with Gasteiger partial charge in [0.25, 0.3) is 0 Å². The van der Waals surface area contributed by atoms with E-state index in [9.17, 15) is 0 Å². The molecule has 0 amide bonds. The lowest BCUT2D eigenvalue weighted by atomic mass is 10.0. The van der Waals surface area contributed by atoms with Crippen LogP contribution in [0.5, 0.6) is 0 Å². The maximum absolute atomic E-state index is 8.86. The molecule has 0 bridgehead atoms. The number of nitrogens with zero attached hydrogens (tertiary/aromatic N) is 2. The quantitative estimate of drug-likeness (QED) is 0.760. The lowest BCUT2D eigenvalue weighted by Gasteiger charge is -2.03. The summed E-state index contributed by atoms with van der Waals surface area (Å²) in [6.07, 6.45) is 0. The first kappa shape index (κ1) is 11.2. The minimum absolute atomic E-state index is 0.525. The van der Waals surface area contributed by atoms with Crippen molar-refractivity contribution in [3.63, 3.8) is 0 Å². The molecule has 3 heteroatoms.